The first-order valence-electron chi connectivity index (χ1n) is 6.80. The number of carbonyl (C=O) groups excluding carboxylic acids is 1. The number of hydrogen-bond donors (Lipinski definition) is 2. The Kier molecular flexibility index (Phi) is 6.36. The van der Waals surface area contributed by atoms with Gasteiger partial charge < -0.3 is 10.6 Å². The molecule has 2 heterocycles. The molecule has 0 radical (unpaired) electrons. The zero-order valence-electron chi connectivity index (χ0n) is 12.2. The third kappa shape index (κ3) is 5.00. The van der Waals surface area contributed by atoms with E-state index in [-0.39, 0.29) is 23.7 Å². The predicted molar refractivity (Wildman–Crippen MR) is 84.7 cm³/mol. The van der Waals surface area contributed by atoms with Crippen LogP contribution in [0.1, 0.15) is 45.9 Å². The lowest BCUT2D eigenvalue weighted by Gasteiger charge is -2.12. The zero-order valence-corrected chi connectivity index (χ0v) is 13.9. The molecular weight excluding hydrogens is 296 g/mol. The van der Waals surface area contributed by atoms with Gasteiger partial charge in [0.1, 0.15) is 5.82 Å². The van der Waals surface area contributed by atoms with Crippen molar-refractivity contribution >= 4 is 35.0 Å². The van der Waals surface area contributed by atoms with Crippen molar-refractivity contribution < 1.29 is 4.79 Å². The van der Waals surface area contributed by atoms with Gasteiger partial charge in [-0.3, -0.25) is 4.79 Å². The Morgan fingerprint density at radius 2 is 2.25 bits per heavy atom. The van der Waals surface area contributed by atoms with Gasteiger partial charge >= 0.3 is 0 Å². The second kappa shape index (κ2) is 7.33. The number of nitrogens with zero attached hydrogens (tertiary/aromatic N) is 2. The lowest BCUT2D eigenvalue weighted by atomic mass is 9.96. The van der Waals surface area contributed by atoms with Gasteiger partial charge in [0.2, 0.25) is 11.0 Å². The number of nitrogens with one attached hydrogen (secondary N) is 2. The highest BCUT2D eigenvalue weighted by atomic mass is 35.5. The van der Waals surface area contributed by atoms with Crippen molar-refractivity contribution in [3.63, 3.8) is 0 Å². The summed E-state index contributed by atoms with van der Waals surface area (Å²) in [4.78, 5) is 16.2. The van der Waals surface area contributed by atoms with Crippen molar-refractivity contribution in [2.75, 3.05) is 18.4 Å². The van der Waals surface area contributed by atoms with Gasteiger partial charge in [-0.25, -0.2) is 4.98 Å². The molecule has 2 N–H and O–H groups in total. The fraction of sp³-hybridized carbons (Fsp3) is 0.769. The average molecular weight is 319 g/mol. The summed E-state index contributed by atoms with van der Waals surface area (Å²) in [6, 6.07) is 0. The van der Waals surface area contributed by atoms with E-state index >= 15 is 0 Å². The molecule has 1 fully saturated rings. The number of hydrogen-bond acceptors (Lipinski definition) is 5. The molecule has 1 amide bonds. The summed E-state index contributed by atoms with van der Waals surface area (Å²) >= 11 is 1.26. The minimum absolute atomic E-state index is 0. The quantitative estimate of drug-likeness (QED) is 0.895. The first-order valence-corrected chi connectivity index (χ1v) is 7.57. The average Bonchev–Trinajstić information content (AvgIpc) is 2.95. The zero-order chi connectivity index (χ0) is 13.9. The van der Waals surface area contributed by atoms with Gasteiger partial charge in [0, 0.05) is 23.4 Å². The Hall–Kier alpha value is -0.720. The van der Waals surface area contributed by atoms with Crippen LogP contribution < -0.4 is 10.6 Å². The molecule has 0 aliphatic carbocycles. The highest BCUT2D eigenvalue weighted by Gasteiger charge is 2.20. The summed E-state index contributed by atoms with van der Waals surface area (Å²) in [5, 5.41) is 6.77. The molecule has 1 aliphatic heterocycles. The van der Waals surface area contributed by atoms with Crippen LogP contribution in [0.15, 0.2) is 0 Å². The summed E-state index contributed by atoms with van der Waals surface area (Å²) in [6.45, 7) is 8.31. The van der Waals surface area contributed by atoms with Gasteiger partial charge in [-0.15, -0.1) is 12.4 Å². The van der Waals surface area contributed by atoms with E-state index in [0.29, 0.717) is 17.5 Å². The maximum Gasteiger partial charge on any atom is 0.226 e. The van der Waals surface area contributed by atoms with E-state index in [1.54, 1.807) is 0 Å². The van der Waals surface area contributed by atoms with Crippen molar-refractivity contribution in [1.29, 1.82) is 0 Å². The molecule has 0 aromatic carbocycles. The van der Waals surface area contributed by atoms with Gasteiger partial charge in [0.05, 0.1) is 0 Å². The van der Waals surface area contributed by atoms with Crippen LogP contribution >= 0.6 is 23.9 Å². The van der Waals surface area contributed by atoms with E-state index in [2.05, 4.69) is 40.8 Å². The molecule has 1 aromatic rings. The Bertz CT molecular complexity index is 438. The van der Waals surface area contributed by atoms with Crippen LogP contribution in [-0.4, -0.2) is 28.4 Å². The first-order chi connectivity index (χ1) is 8.95. The Morgan fingerprint density at radius 1 is 1.50 bits per heavy atom. The molecule has 1 unspecified atom stereocenters. The highest BCUT2D eigenvalue weighted by molar-refractivity contribution is 7.09. The van der Waals surface area contributed by atoms with Gasteiger partial charge in [-0.1, -0.05) is 20.8 Å². The van der Waals surface area contributed by atoms with Crippen LogP contribution in [0.5, 0.6) is 0 Å². The summed E-state index contributed by atoms with van der Waals surface area (Å²) in [6.07, 6.45) is 2.70. The fourth-order valence-corrected chi connectivity index (χ4v) is 2.83. The Labute approximate surface area is 130 Å². The second-order valence-corrected chi connectivity index (χ2v) is 6.87. The van der Waals surface area contributed by atoms with Crippen LogP contribution in [0.25, 0.3) is 0 Å². The first kappa shape index (κ1) is 17.3. The summed E-state index contributed by atoms with van der Waals surface area (Å²) in [5.41, 5.74) is -0.0744. The van der Waals surface area contributed by atoms with Gasteiger partial charge in [0.25, 0.3) is 0 Å². The topological polar surface area (TPSA) is 66.9 Å². The third-order valence-electron chi connectivity index (χ3n) is 3.29. The van der Waals surface area contributed by atoms with E-state index in [9.17, 15) is 4.79 Å². The van der Waals surface area contributed by atoms with Crippen LogP contribution in [-0.2, 0) is 10.2 Å². The largest absolute Gasteiger partial charge is 0.316 e. The minimum atomic E-state index is -0.0744. The number of aromatic nitrogens is 2. The minimum Gasteiger partial charge on any atom is -0.316 e. The molecule has 114 valence electrons. The molecule has 1 atom stereocenters. The van der Waals surface area contributed by atoms with Crippen LogP contribution in [0.4, 0.5) is 5.13 Å². The molecule has 5 nitrogen and oxygen atoms in total. The van der Waals surface area contributed by atoms with Crippen molar-refractivity contribution in [3.8, 4) is 0 Å². The van der Waals surface area contributed by atoms with E-state index in [4.69, 9.17) is 0 Å². The van der Waals surface area contributed by atoms with Crippen molar-refractivity contribution in [2.24, 2.45) is 5.92 Å². The highest BCUT2D eigenvalue weighted by Crippen LogP contribution is 2.23. The van der Waals surface area contributed by atoms with E-state index in [1.807, 2.05) is 0 Å². The second-order valence-electron chi connectivity index (χ2n) is 6.12. The molecular formula is C13H23ClN4OS. The van der Waals surface area contributed by atoms with E-state index in [1.165, 1.54) is 18.0 Å². The Balaban J connectivity index is 0.00000200. The molecule has 1 aromatic heterocycles. The fourth-order valence-electron chi connectivity index (χ4n) is 2.06. The number of carbonyl (C=O) groups is 1. The van der Waals surface area contributed by atoms with Crippen LogP contribution in [0, 0.1) is 5.92 Å². The third-order valence-corrected chi connectivity index (χ3v) is 3.92. The van der Waals surface area contributed by atoms with E-state index in [0.717, 1.165) is 25.3 Å². The number of anilines is 1. The molecule has 20 heavy (non-hydrogen) atoms. The number of amides is 1. The van der Waals surface area contributed by atoms with Crippen LogP contribution in [0.3, 0.4) is 0 Å². The number of halogens is 1. The smallest absolute Gasteiger partial charge is 0.226 e. The molecule has 7 heteroatoms. The lowest BCUT2D eigenvalue weighted by Crippen LogP contribution is -2.16. The maximum atomic E-state index is 11.8. The summed E-state index contributed by atoms with van der Waals surface area (Å²) in [5.74, 6) is 1.47. The van der Waals surface area contributed by atoms with Crippen molar-refractivity contribution in [3.05, 3.63) is 5.82 Å². The van der Waals surface area contributed by atoms with E-state index < -0.39 is 0 Å². The summed E-state index contributed by atoms with van der Waals surface area (Å²) in [7, 11) is 0. The van der Waals surface area contributed by atoms with Crippen molar-refractivity contribution in [1.82, 2.24) is 14.7 Å². The maximum absolute atomic E-state index is 11.8. The monoisotopic (exact) mass is 318 g/mol. The number of rotatable bonds is 4. The molecule has 1 saturated heterocycles. The summed E-state index contributed by atoms with van der Waals surface area (Å²) < 4.78 is 4.28. The standard InChI is InChI=1S/C13H22N4OS.ClH/c1-13(2,3)11-16-12(19-17-11)15-10(18)5-4-9-6-7-14-8-9;/h9,14H,4-8H2,1-3H3,(H,15,16,17,18);1H. The SMILES string of the molecule is CC(C)(C)c1nsc(NC(=O)CCC2CCNC2)n1.Cl. The molecule has 1 aliphatic rings. The Morgan fingerprint density at radius 3 is 2.80 bits per heavy atom. The van der Waals surface area contributed by atoms with Gasteiger partial charge in [-0.05, 0) is 31.8 Å². The molecule has 0 spiro atoms. The van der Waals surface area contributed by atoms with Crippen molar-refractivity contribution in [2.45, 2.75) is 45.4 Å². The van der Waals surface area contributed by atoms with Crippen LogP contribution in [0.2, 0.25) is 0 Å². The molecule has 0 bridgehead atoms. The molecule has 2 rings (SSSR count). The lowest BCUT2D eigenvalue weighted by molar-refractivity contribution is -0.116. The van der Waals surface area contributed by atoms with Gasteiger partial charge in [-0.2, -0.15) is 4.37 Å². The predicted octanol–water partition coefficient (Wildman–Crippen LogP) is 2.59. The normalized spacial score (nSPS) is 18.6. The van der Waals surface area contributed by atoms with Gasteiger partial charge in [0.15, 0.2) is 0 Å². The molecule has 0 saturated carbocycles.